The van der Waals surface area contributed by atoms with Crippen molar-refractivity contribution in [3.05, 3.63) is 24.2 Å². The molecule has 2 nitrogen and oxygen atoms in total. The second kappa shape index (κ2) is 7.26. The van der Waals surface area contributed by atoms with Crippen LogP contribution < -0.4 is 0 Å². The molecular formula is C14H22O2. The van der Waals surface area contributed by atoms with Crippen LogP contribution >= 0.6 is 0 Å². The van der Waals surface area contributed by atoms with Crippen molar-refractivity contribution in [3.63, 3.8) is 0 Å². The van der Waals surface area contributed by atoms with E-state index in [1.807, 2.05) is 0 Å². The maximum absolute atomic E-state index is 11.9. The molecule has 16 heavy (non-hydrogen) atoms. The molecule has 0 fully saturated rings. The van der Waals surface area contributed by atoms with Crippen molar-refractivity contribution >= 4 is 5.78 Å². The Balaban J connectivity index is 2.44. The number of furan rings is 1. The van der Waals surface area contributed by atoms with Crippen LogP contribution in [0.5, 0.6) is 0 Å². The second-order valence-corrected chi connectivity index (χ2v) is 4.40. The Morgan fingerprint density at radius 1 is 1.31 bits per heavy atom. The Bertz CT molecular complexity index is 288. The predicted molar refractivity (Wildman–Crippen MR) is 65.6 cm³/mol. The van der Waals surface area contributed by atoms with Crippen molar-refractivity contribution in [3.8, 4) is 0 Å². The van der Waals surface area contributed by atoms with Gasteiger partial charge in [-0.15, -0.1) is 0 Å². The second-order valence-electron chi connectivity index (χ2n) is 4.40. The van der Waals surface area contributed by atoms with Gasteiger partial charge in [0, 0.05) is 6.42 Å². The number of carbonyl (C=O) groups excluding carboxylic acids is 1. The van der Waals surface area contributed by atoms with Crippen molar-refractivity contribution in [1.82, 2.24) is 0 Å². The number of unbranched alkanes of at least 4 members (excludes halogenated alkanes) is 1. The summed E-state index contributed by atoms with van der Waals surface area (Å²) in [6, 6.07) is 3.53. The summed E-state index contributed by atoms with van der Waals surface area (Å²) in [6.45, 7) is 4.37. The molecule has 0 bridgehead atoms. The zero-order chi connectivity index (χ0) is 11.8. The molecule has 0 N–H and O–H groups in total. The van der Waals surface area contributed by atoms with Crippen molar-refractivity contribution in [2.45, 2.75) is 52.4 Å². The molecule has 0 aliphatic heterocycles. The van der Waals surface area contributed by atoms with Crippen molar-refractivity contribution in [2.24, 2.45) is 5.92 Å². The number of carbonyl (C=O) groups is 1. The van der Waals surface area contributed by atoms with Gasteiger partial charge in [-0.25, -0.2) is 0 Å². The van der Waals surface area contributed by atoms with E-state index in [9.17, 15) is 4.79 Å². The normalized spacial score (nSPS) is 12.6. The molecule has 0 saturated heterocycles. The molecule has 1 aromatic heterocycles. The third-order valence-electron chi connectivity index (χ3n) is 2.93. The van der Waals surface area contributed by atoms with E-state index >= 15 is 0 Å². The van der Waals surface area contributed by atoms with Gasteiger partial charge in [-0.2, -0.15) is 0 Å². The van der Waals surface area contributed by atoms with Gasteiger partial charge in [0.05, 0.1) is 6.26 Å². The van der Waals surface area contributed by atoms with E-state index in [1.54, 1.807) is 18.4 Å². The molecule has 2 heteroatoms. The monoisotopic (exact) mass is 222 g/mol. The van der Waals surface area contributed by atoms with Gasteiger partial charge in [0.15, 0.2) is 11.5 Å². The maximum atomic E-state index is 11.9. The first kappa shape index (κ1) is 13.0. The zero-order valence-electron chi connectivity index (χ0n) is 10.4. The SMILES string of the molecule is CCCCC(CCC)CC(=O)c1ccco1. The van der Waals surface area contributed by atoms with Gasteiger partial charge < -0.3 is 4.42 Å². The standard InChI is InChI=1S/C14H22O2/c1-3-5-8-12(7-4-2)11-13(15)14-9-6-10-16-14/h6,9-10,12H,3-5,7-8,11H2,1-2H3. The largest absolute Gasteiger partial charge is 0.461 e. The highest BCUT2D eigenvalue weighted by atomic mass is 16.3. The molecular weight excluding hydrogens is 200 g/mol. The summed E-state index contributed by atoms with van der Waals surface area (Å²) in [7, 11) is 0. The molecule has 1 atom stereocenters. The van der Waals surface area contributed by atoms with Crippen LogP contribution in [-0.4, -0.2) is 5.78 Å². The number of ketones is 1. The minimum Gasteiger partial charge on any atom is -0.461 e. The van der Waals surface area contributed by atoms with Crippen LogP contribution in [0.2, 0.25) is 0 Å². The number of Topliss-reactive ketones (excluding diaryl/α,β-unsaturated/α-hetero) is 1. The highest BCUT2D eigenvalue weighted by Gasteiger charge is 2.15. The Labute approximate surface area is 98.0 Å². The molecule has 0 radical (unpaired) electrons. The summed E-state index contributed by atoms with van der Waals surface area (Å²) in [5, 5.41) is 0. The Morgan fingerprint density at radius 3 is 2.69 bits per heavy atom. The van der Waals surface area contributed by atoms with Gasteiger partial charge in [0.25, 0.3) is 0 Å². The minimum atomic E-state index is 0.152. The smallest absolute Gasteiger partial charge is 0.198 e. The van der Waals surface area contributed by atoms with E-state index in [4.69, 9.17) is 4.42 Å². The van der Waals surface area contributed by atoms with Gasteiger partial charge in [0.1, 0.15) is 0 Å². The number of hydrogen-bond acceptors (Lipinski definition) is 2. The molecule has 0 amide bonds. The van der Waals surface area contributed by atoms with E-state index in [-0.39, 0.29) is 5.78 Å². The van der Waals surface area contributed by atoms with E-state index in [1.165, 1.54) is 12.8 Å². The summed E-state index contributed by atoms with van der Waals surface area (Å²) in [5.41, 5.74) is 0. The lowest BCUT2D eigenvalue weighted by Gasteiger charge is -2.13. The highest BCUT2D eigenvalue weighted by Crippen LogP contribution is 2.21. The molecule has 90 valence electrons. The molecule has 0 saturated carbocycles. The molecule has 0 aromatic carbocycles. The molecule has 0 aliphatic carbocycles. The molecule has 1 heterocycles. The Morgan fingerprint density at radius 2 is 2.12 bits per heavy atom. The van der Waals surface area contributed by atoms with Crippen LogP contribution in [0.3, 0.4) is 0 Å². The van der Waals surface area contributed by atoms with Gasteiger partial charge in [-0.1, -0.05) is 46.0 Å². The van der Waals surface area contributed by atoms with E-state index in [0.29, 0.717) is 18.1 Å². The zero-order valence-corrected chi connectivity index (χ0v) is 10.4. The lowest BCUT2D eigenvalue weighted by atomic mass is 9.91. The Hall–Kier alpha value is -1.05. The van der Waals surface area contributed by atoms with Crippen LogP contribution in [0, 0.1) is 5.92 Å². The lowest BCUT2D eigenvalue weighted by Crippen LogP contribution is -2.08. The fourth-order valence-corrected chi connectivity index (χ4v) is 2.05. The highest BCUT2D eigenvalue weighted by molar-refractivity contribution is 5.93. The molecule has 0 aliphatic rings. The van der Waals surface area contributed by atoms with Crippen LogP contribution in [0.25, 0.3) is 0 Å². The molecule has 1 rings (SSSR count). The quantitative estimate of drug-likeness (QED) is 0.608. The average molecular weight is 222 g/mol. The van der Waals surface area contributed by atoms with Crippen LogP contribution in [0.4, 0.5) is 0 Å². The minimum absolute atomic E-state index is 0.152. The van der Waals surface area contributed by atoms with Crippen molar-refractivity contribution in [2.75, 3.05) is 0 Å². The Kier molecular flexibility index (Phi) is 5.91. The first-order valence-corrected chi connectivity index (χ1v) is 6.34. The summed E-state index contributed by atoms with van der Waals surface area (Å²) in [5.74, 6) is 1.19. The molecule has 1 unspecified atom stereocenters. The lowest BCUT2D eigenvalue weighted by molar-refractivity contribution is 0.0928. The fourth-order valence-electron chi connectivity index (χ4n) is 2.05. The topological polar surface area (TPSA) is 30.2 Å². The molecule has 0 spiro atoms. The van der Waals surface area contributed by atoms with Crippen LogP contribution in [0.15, 0.2) is 22.8 Å². The van der Waals surface area contributed by atoms with E-state index in [2.05, 4.69) is 13.8 Å². The average Bonchev–Trinajstić information content (AvgIpc) is 2.79. The number of rotatable bonds is 8. The van der Waals surface area contributed by atoms with Gasteiger partial charge >= 0.3 is 0 Å². The van der Waals surface area contributed by atoms with Gasteiger partial charge in [0.2, 0.25) is 0 Å². The van der Waals surface area contributed by atoms with Crippen LogP contribution in [-0.2, 0) is 0 Å². The summed E-state index contributed by atoms with van der Waals surface area (Å²) >= 11 is 0. The summed E-state index contributed by atoms with van der Waals surface area (Å²) in [6.07, 6.45) is 8.09. The first-order chi connectivity index (χ1) is 7.77. The third kappa shape index (κ3) is 4.21. The predicted octanol–water partition coefficient (Wildman–Crippen LogP) is 4.46. The fraction of sp³-hybridized carbons (Fsp3) is 0.643. The van der Waals surface area contributed by atoms with E-state index in [0.717, 1.165) is 19.3 Å². The summed E-state index contributed by atoms with van der Waals surface area (Å²) < 4.78 is 5.13. The van der Waals surface area contributed by atoms with Crippen LogP contribution in [0.1, 0.15) is 62.9 Å². The van der Waals surface area contributed by atoms with Crippen molar-refractivity contribution in [1.29, 1.82) is 0 Å². The molecule has 1 aromatic rings. The third-order valence-corrected chi connectivity index (χ3v) is 2.93. The summed E-state index contributed by atoms with van der Waals surface area (Å²) in [4.78, 5) is 11.9. The first-order valence-electron chi connectivity index (χ1n) is 6.34. The van der Waals surface area contributed by atoms with E-state index < -0.39 is 0 Å². The van der Waals surface area contributed by atoms with Gasteiger partial charge in [-0.3, -0.25) is 4.79 Å². The maximum Gasteiger partial charge on any atom is 0.198 e. The van der Waals surface area contributed by atoms with Gasteiger partial charge in [-0.05, 0) is 18.1 Å². The number of hydrogen-bond donors (Lipinski definition) is 0. The van der Waals surface area contributed by atoms with Crippen molar-refractivity contribution < 1.29 is 9.21 Å².